The van der Waals surface area contributed by atoms with Crippen LogP contribution in [-0.4, -0.2) is 48.6 Å². The van der Waals surface area contributed by atoms with E-state index >= 15 is 0 Å². The highest BCUT2D eigenvalue weighted by Crippen LogP contribution is 2.37. The molecule has 0 atom stereocenters. The van der Waals surface area contributed by atoms with Crippen LogP contribution in [0.15, 0.2) is 85.0 Å². The van der Waals surface area contributed by atoms with E-state index in [1.807, 2.05) is 36.4 Å². The van der Waals surface area contributed by atoms with Crippen molar-refractivity contribution in [1.82, 2.24) is 0 Å². The molecule has 7 heteroatoms. The molecule has 0 saturated heterocycles. The maximum Gasteiger partial charge on any atom is 0.338 e. The topological polar surface area (TPSA) is 102 Å². The van der Waals surface area contributed by atoms with Crippen LogP contribution in [0.3, 0.4) is 0 Å². The number of hydrogen-bond donors (Lipinski definition) is 2. The number of hydrogen-bond acceptors (Lipinski definition) is 7. The SMILES string of the molecule is C=C(C)C(=O)OCCc1cc(-c2ccc(-c3ccc(CCCCC)cc3)cc2OC(=O)C(=C)C)ccc1OCCC(C)(CO)CO. The molecule has 3 rings (SSSR count). The average Bonchev–Trinajstić information content (AvgIpc) is 3.05. The van der Waals surface area contributed by atoms with Crippen molar-refractivity contribution in [2.45, 2.75) is 66.2 Å². The van der Waals surface area contributed by atoms with E-state index in [4.69, 9.17) is 14.2 Å². The Hall–Kier alpha value is -4.20. The summed E-state index contributed by atoms with van der Waals surface area (Å²) in [6, 6.07) is 19.9. The maximum atomic E-state index is 12.7. The third-order valence-corrected chi connectivity index (χ3v) is 7.94. The van der Waals surface area contributed by atoms with E-state index in [0.717, 1.165) is 28.7 Å². The summed E-state index contributed by atoms with van der Waals surface area (Å²) in [5, 5.41) is 19.3. The summed E-state index contributed by atoms with van der Waals surface area (Å²) in [6.45, 7) is 14.6. The van der Waals surface area contributed by atoms with Crippen molar-refractivity contribution < 1.29 is 34.0 Å². The van der Waals surface area contributed by atoms with Gasteiger partial charge < -0.3 is 24.4 Å². The number of aliphatic hydroxyl groups excluding tert-OH is 2. The second-order valence-electron chi connectivity index (χ2n) is 12.2. The molecule has 0 fully saturated rings. The first kappa shape index (κ1) is 36.3. The zero-order chi connectivity index (χ0) is 33.7. The molecular weight excluding hydrogens is 580 g/mol. The number of rotatable bonds is 18. The van der Waals surface area contributed by atoms with E-state index in [0.29, 0.717) is 35.5 Å². The highest BCUT2D eigenvalue weighted by atomic mass is 16.5. The Labute approximate surface area is 273 Å². The molecule has 0 saturated carbocycles. The van der Waals surface area contributed by atoms with Crippen LogP contribution in [0, 0.1) is 5.41 Å². The van der Waals surface area contributed by atoms with Crippen molar-refractivity contribution in [3.8, 4) is 33.8 Å². The van der Waals surface area contributed by atoms with Gasteiger partial charge in [-0.25, -0.2) is 9.59 Å². The molecule has 3 aromatic rings. The van der Waals surface area contributed by atoms with E-state index in [-0.39, 0.29) is 32.0 Å². The highest BCUT2D eigenvalue weighted by Gasteiger charge is 2.23. The monoisotopic (exact) mass is 628 g/mol. The number of esters is 2. The molecular formula is C39H48O7. The first-order valence-electron chi connectivity index (χ1n) is 15.9. The smallest absolute Gasteiger partial charge is 0.338 e. The fourth-order valence-corrected chi connectivity index (χ4v) is 4.73. The number of benzene rings is 3. The molecule has 246 valence electrons. The van der Waals surface area contributed by atoms with Crippen LogP contribution in [0.1, 0.15) is 64.5 Å². The fraction of sp³-hybridized carbons (Fsp3) is 0.385. The molecule has 0 spiro atoms. The van der Waals surface area contributed by atoms with Gasteiger partial charge in [0.1, 0.15) is 11.5 Å². The Kier molecular flexibility index (Phi) is 13.8. The first-order chi connectivity index (χ1) is 22.0. The minimum atomic E-state index is -0.670. The summed E-state index contributed by atoms with van der Waals surface area (Å²) < 4.78 is 17.3. The number of carbonyl (C=O) groups is 2. The zero-order valence-corrected chi connectivity index (χ0v) is 27.7. The maximum absolute atomic E-state index is 12.7. The van der Waals surface area contributed by atoms with Gasteiger partial charge in [-0.2, -0.15) is 0 Å². The molecule has 0 aliphatic rings. The van der Waals surface area contributed by atoms with Crippen molar-refractivity contribution in [2.24, 2.45) is 5.41 Å². The Bertz CT molecular complexity index is 1500. The Balaban J connectivity index is 1.97. The number of carbonyl (C=O) groups excluding carboxylic acids is 2. The predicted molar refractivity (Wildman–Crippen MR) is 183 cm³/mol. The molecule has 0 bridgehead atoms. The van der Waals surface area contributed by atoms with Gasteiger partial charge in [-0.15, -0.1) is 0 Å². The van der Waals surface area contributed by atoms with Crippen LogP contribution < -0.4 is 9.47 Å². The van der Waals surface area contributed by atoms with Gasteiger partial charge in [0.05, 0.1) is 26.4 Å². The van der Waals surface area contributed by atoms with Gasteiger partial charge >= 0.3 is 11.9 Å². The van der Waals surface area contributed by atoms with E-state index < -0.39 is 17.4 Å². The number of unbranched alkanes of at least 4 members (excludes halogenated alkanes) is 2. The molecule has 0 unspecified atom stereocenters. The van der Waals surface area contributed by atoms with Crippen LogP contribution in [0.4, 0.5) is 0 Å². The van der Waals surface area contributed by atoms with Gasteiger partial charge in [-0.05, 0) is 79.1 Å². The number of aliphatic hydroxyl groups is 2. The minimum Gasteiger partial charge on any atom is -0.493 e. The average molecular weight is 629 g/mol. The van der Waals surface area contributed by atoms with E-state index in [1.54, 1.807) is 20.8 Å². The summed E-state index contributed by atoms with van der Waals surface area (Å²) in [7, 11) is 0. The van der Waals surface area contributed by atoms with Crippen molar-refractivity contribution >= 4 is 11.9 Å². The van der Waals surface area contributed by atoms with E-state index in [2.05, 4.69) is 44.3 Å². The van der Waals surface area contributed by atoms with Crippen LogP contribution in [0.25, 0.3) is 22.3 Å². The van der Waals surface area contributed by atoms with Crippen molar-refractivity contribution in [3.63, 3.8) is 0 Å². The molecule has 0 aromatic heterocycles. The lowest BCUT2D eigenvalue weighted by atomic mass is 9.89. The third-order valence-electron chi connectivity index (χ3n) is 7.94. The van der Waals surface area contributed by atoms with Gasteiger partial charge in [0.2, 0.25) is 0 Å². The zero-order valence-electron chi connectivity index (χ0n) is 27.7. The molecule has 0 radical (unpaired) electrons. The largest absolute Gasteiger partial charge is 0.493 e. The van der Waals surface area contributed by atoms with Crippen LogP contribution in [0.2, 0.25) is 0 Å². The molecule has 7 nitrogen and oxygen atoms in total. The van der Waals surface area contributed by atoms with Gasteiger partial charge in [-0.3, -0.25) is 0 Å². The second-order valence-corrected chi connectivity index (χ2v) is 12.2. The molecule has 46 heavy (non-hydrogen) atoms. The summed E-state index contributed by atoms with van der Waals surface area (Å²) in [5.74, 6) is -0.0109. The van der Waals surface area contributed by atoms with E-state index in [1.165, 1.54) is 24.8 Å². The Morgan fingerprint density at radius 1 is 0.761 bits per heavy atom. The summed E-state index contributed by atoms with van der Waals surface area (Å²) in [4.78, 5) is 24.7. The quantitative estimate of drug-likeness (QED) is 0.0646. The molecule has 0 heterocycles. The third kappa shape index (κ3) is 10.4. The second kappa shape index (κ2) is 17.5. The summed E-state index contributed by atoms with van der Waals surface area (Å²) in [6.07, 6.45) is 5.41. The lowest BCUT2D eigenvalue weighted by Gasteiger charge is -2.24. The standard InChI is InChI=1S/C39H48O7/c1-7-8-9-10-29-11-13-30(14-12-29)31-15-17-34(36(24-31)46-38(43)28(4)5)32-16-18-35(44-22-20-39(6,25-40)26-41)33(23-32)19-21-45-37(42)27(2)3/h11-18,23-24,40-41H,2,4,7-10,19-22,25-26H2,1,3,5-6H3. The fourth-order valence-electron chi connectivity index (χ4n) is 4.73. The lowest BCUT2D eigenvalue weighted by Crippen LogP contribution is -2.28. The lowest BCUT2D eigenvalue weighted by molar-refractivity contribution is -0.138. The number of ether oxygens (including phenoxy) is 3. The molecule has 0 aliphatic heterocycles. The van der Waals surface area contributed by atoms with Crippen LogP contribution in [0.5, 0.6) is 11.5 Å². The van der Waals surface area contributed by atoms with E-state index in [9.17, 15) is 19.8 Å². The molecule has 0 amide bonds. The van der Waals surface area contributed by atoms with Gasteiger partial charge in [-0.1, -0.05) is 82.3 Å². The van der Waals surface area contributed by atoms with Crippen LogP contribution in [-0.2, 0) is 27.2 Å². The number of aryl methyl sites for hydroxylation is 1. The summed E-state index contributed by atoms with van der Waals surface area (Å²) >= 11 is 0. The van der Waals surface area contributed by atoms with Gasteiger partial charge in [0, 0.05) is 28.5 Å². The molecule has 2 N–H and O–H groups in total. The van der Waals surface area contributed by atoms with Crippen molar-refractivity contribution in [2.75, 3.05) is 26.4 Å². The van der Waals surface area contributed by atoms with Crippen molar-refractivity contribution in [3.05, 3.63) is 96.1 Å². The molecule has 3 aromatic carbocycles. The highest BCUT2D eigenvalue weighted by molar-refractivity contribution is 5.91. The Morgan fingerprint density at radius 3 is 2.04 bits per heavy atom. The minimum absolute atomic E-state index is 0.112. The van der Waals surface area contributed by atoms with Gasteiger partial charge in [0.25, 0.3) is 0 Å². The Morgan fingerprint density at radius 2 is 1.41 bits per heavy atom. The predicted octanol–water partition coefficient (Wildman–Crippen LogP) is 7.66. The van der Waals surface area contributed by atoms with Crippen LogP contribution >= 0.6 is 0 Å². The first-order valence-corrected chi connectivity index (χ1v) is 15.9. The molecule has 0 aliphatic carbocycles. The normalized spacial score (nSPS) is 11.2. The summed E-state index contributed by atoms with van der Waals surface area (Å²) in [5.41, 5.74) is 5.42. The van der Waals surface area contributed by atoms with Gasteiger partial charge in [0.15, 0.2) is 0 Å². The van der Waals surface area contributed by atoms with Crippen molar-refractivity contribution in [1.29, 1.82) is 0 Å².